The predicted octanol–water partition coefficient (Wildman–Crippen LogP) is 6.07. The summed E-state index contributed by atoms with van der Waals surface area (Å²) in [6, 6.07) is 14.6. The number of benzene rings is 3. The first-order chi connectivity index (χ1) is 15.4. The molecule has 0 aliphatic heterocycles. The van der Waals surface area contributed by atoms with Gasteiger partial charge in [0.05, 0.1) is 16.7 Å². The Bertz CT molecular complexity index is 1490. The minimum absolute atomic E-state index is 0.280. The molecule has 0 aliphatic carbocycles. The molecule has 0 bridgehead atoms. The normalized spacial score (nSPS) is 11.3. The monoisotopic (exact) mass is 446 g/mol. The lowest BCUT2D eigenvalue weighted by molar-refractivity contribution is 0.631. The zero-order chi connectivity index (χ0) is 22.4. The van der Waals surface area contributed by atoms with Gasteiger partial charge < -0.3 is 10.6 Å². The van der Waals surface area contributed by atoms with Crippen molar-refractivity contribution in [2.45, 2.75) is 6.92 Å². The molecule has 160 valence electrons. The summed E-state index contributed by atoms with van der Waals surface area (Å²) in [6.07, 6.45) is 1.81. The Kier molecular flexibility index (Phi) is 4.90. The van der Waals surface area contributed by atoms with E-state index in [2.05, 4.69) is 38.7 Å². The Morgan fingerprint density at radius 2 is 1.91 bits per heavy atom. The van der Waals surface area contributed by atoms with Gasteiger partial charge >= 0.3 is 0 Å². The summed E-state index contributed by atoms with van der Waals surface area (Å²) in [4.78, 5) is 8.83. The zero-order valence-electron chi connectivity index (χ0n) is 17.7. The van der Waals surface area contributed by atoms with Crippen LogP contribution in [0.2, 0.25) is 5.02 Å². The number of nitrogens with zero attached hydrogens (tertiary/aromatic N) is 4. The lowest BCUT2D eigenvalue weighted by Crippen LogP contribution is -1.97. The van der Waals surface area contributed by atoms with E-state index < -0.39 is 5.82 Å². The van der Waals surface area contributed by atoms with Crippen molar-refractivity contribution in [3.63, 3.8) is 0 Å². The van der Waals surface area contributed by atoms with E-state index in [4.69, 9.17) is 11.6 Å². The van der Waals surface area contributed by atoms with Crippen LogP contribution in [0.1, 0.15) is 5.56 Å². The maximum Gasteiger partial charge on any atom is 0.222 e. The number of anilines is 3. The summed E-state index contributed by atoms with van der Waals surface area (Å²) >= 11 is 6.05. The molecule has 32 heavy (non-hydrogen) atoms. The molecule has 0 unspecified atom stereocenters. The first-order valence-electron chi connectivity index (χ1n) is 10.1. The van der Waals surface area contributed by atoms with Crippen molar-refractivity contribution >= 4 is 50.9 Å². The predicted molar refractivity (Wildman–Crippen MR) is 128 cm³/mol. The Balaban J connectivity index is 1.66. The molecule has 2 heterocycles. The molecule has 0 fully saturated rings. The van der Waals surface area contributed by atoms with Crippen molar-refractivity contribution in [3.8, 4) is 11.1 Å². The number of rotatable bonds is 4. The fraction of sp³-hybridized carbons (Fsp3) is 0.125. The second kappa shape index (κ2) is 7.76. The molecule has 5 aromatic rings. The molecule has 3 aromatic carbocycles. The SMILES string of the molecule is CNc1ncc2cc(-c3c(C)ccc4c(Nc5cc(Cl)ccc5F)nn(C)c34)ccc2n1. The first-order valence-corrected chi connectivity index (χ1v) is 10.5. The maximum atomic E-state index is 14.3. The van der Waals surface area contributed by atoms with Crippen LogP contribution in [0.25, 0.3) is 32.9 Å². The van der Waals surface area contributed by atoms with Crippen molar-refractivity contribution in [1.82, 2.24) is 19.7 Å². The van der Waals surface area contributed by atoms with Crippen LogP contribution in [-0.2, 0) is 7.05 Å². The maximum absolute atomic E-state index is 14.3. The molecule has 0 atom stereocenters. The highest BCUT2D eigenvalue weighted by Crippen LogP contribution is 2.37. The molecule has 0 saturated heterocycles. The minimum Gasteiger partial charge on any atom is -0.357 e. The number of fused-ring (bicyclic) bond motifs is 2. The van der Waals surface area contributed by atoms with Gasteiger partial charge in [-0.25, -0.2) is 14.4 Å². The van der Waals surface area contributed by atoms with Crippen LogP contribution < -0.4 is 10.6 Å². The standard InChI is InChI=1S/C24H20ClFN6/c1-13-4-7-17-22(32(3)31-23(17)29-20-11-16(25)6-8-18(20)26)21(13)14-5-9-19-15(10-14)12-28-24(27-2)30-19/h4-12H,1-3H3,(H,29,31)(H,27,28,30). The van der Waals surface area contributed by atoms with Crippen molar-refractivity contribution in [2.24, 2.45) is 7.05 Å². The first kappa shape index (κ1) is 20.2. The quantitative estimate of drug-likeness (QED) is 0.350. The van der Waals surface area contributed by atoms with E-state index in [0.29, 0.717) is 16.8 Å². The van der Waals surface area contributed by atoms with Gasteiger partial charge in [-0.3, -0.25) is 4.68 Å². The highest BCUT2D eigenvalue weighted by molar-refractivity contribution is 6.30. The van der Waals surface area contributed by atoms with E-state index in [1.54, 1.807) is 13.1 Å². The van der Waals surface area contributed by atoms with Crippen LogP contribution in [0, 0.1) is 12.7 Å². The van der Waals surface area contributed by atoms with Crippen LogP contribution in [0.5, 0.6) is 0 Å². The zero-order valence-corrected chi connectivity index (χ0v) is 18.5. The molecule has 0 radical (unpaired) electrons. The van der Waals surface area contributed by atoms with Gasteiger partial charge in [0.1, 0.15) is 5.82 Å². The second-order valence-corrected chi connectivity index (χ2v) is 8.03. The molecule has 0 amide bonds. The van der Waals surface area contributed by atoms with E-state index in [-0.39, 0.29) is 5.69 Å². The molecular formula is C24H20ClFN6. The number of hydrogen-bond acceptors (Lipinski definition) is 5. The van der Waals surface area contributed by atoms with Gasteiger partial charge in [0.15, 0.2) is 5.82 Å². The summed E-state index contributed by atoms with van der Waals surface area (Å²) in [5.74, 6) is 0.753. The number of aromatic nitrogens is 4. The van der Waals surface area contributed by atoms with E-state index in [1.165, 1.54) is 12.1 Å². The summed E-state index contributed by atoms with van der Waals surface area (Å²) < 4.78 is 16.1. The van der Waals surface area contributed by atoms with Crippen molar-refractivity contribution < 1.29 is 4.39 Å². The van der Waals surface area contributed by atoms with Crippen molar-refractivity contribution in [2.75, 3.05) is 17.7 Å². The Labute approximate surface area is 189 Å². The minimum atomic E-state index is -0.393. The third kappa shape index (κ3) is 3.40. The van der Waals surface area contributed by atoms with E-state index in [9.17, 15) is 4.39 Å². The molecule has 2 aromatic heterocycles. The van der Waals surface area contributed by atoms with Gasteiger partial charge in [-0.2, -0.15) is 5.10 Å². The average molecular weight is 447 g/mol. The topological polar surface area (TPSA) is 67.7 Å². The Morgan fingerprint density at radius 1 is 1.06 bits per heavy atom. The number of nitrogens with one attached hydrogen (secondary N) is 2. The largest absolute Gasteiger partial charge is 0.357 e. The van der Waals surface area contributed by atoms with Crippen LogP contribution in [0.3, 0.4) is 0 Å². The van der Waals surface area contributed by atoms with Gasteiger partial charge in [-0.1, -0.05) is 23.7 Å². The molecule has 2 N–H and O–H groups in total. The Hall–Kier alpha value is -3.71. The third-order valence-electron chi connectivity index (χ3n) is 5.49. The lowest BCUT2D eigenvalue weighted by Gasteiger charge is -2.11. The number of halogens is 2. The molecule has 6 nitrogen and oxygen atoms in total. The Morgan fingerprint density at radius 3 is 2.72 bits per heavy atom. The molecular weight excluding hydrogens is 427 g/mol. The van der Waals surface area contributed by atoms with Gasteiger partial charge in [0.25, 0.3) is 0 Å². The van der Waals surface area contributed by atoms with E-state index >= 15 is 0 Å². The van der Waals surface area contributed by atoms with Gasteiger partial charge in [-0.05, 0) is 54.4 Å². The second-order valence-electron chi connectivity index (χ2n) is 7.59. The van der Waals surface area contributed by atoms with Crippen molar-refractivity contribution in [1.29, 1.82) is 0 Å². The highest BCUT2D eigenvalue weighted by Gasteiger charge is 2.17. The van der Waals surface area contributed by atoms with Crippen LogP contribution in [-0.4, -0.2) is 26.8 Å². The highest BCUT2D eigenvalue weighted by atomic mass is 35.5. The van der Waals surface area contributed by atoms with Crippen LogP contribution in [0.4, 0.5) is 21.8 Å². The molecule has 0 saturated carbocycles. The summed E-state index contributed by atoms with van der Waals surface area (Å²) in [7, 11) is 3.68. The van der Waals surface area contributed by atoms with E-state index in [0.717, 1.165) is 38.5 Å². The van der Waals surface area contributed by atoms with E-state index in [1.807, 2.05) is 42.2 Å². The summed E-state index contributed by atoms with van der Waals surface area (Å²) in [5.41, 5.74) is 5.28. The third-order valence-corrected chi connectivity index (χ3v) is 5.72. The van der Waals surface area contributed by atoms with Crippen LogP contribution in [0.15, 0.2) is 54.7 Å². The molecule has 0 spiro atoms. The number of aryl methyl sites for hydroxylation is 2. The van der Waals surface area contributed by atoms with Gasteiger partial charge in [0, 0.05) is 41.7 Å². The van der Waals surface area contributed by atoms with Gasteiger partial charge in [-0.15, -0.1) is 0 Å². The fourth-order valence-corrected chi connectivity index (χ4v) is 4.13. The fourth-order valence-electron chi connectivity index (χ4n) is 3.96. The lowest BCUT2D eigenvalue weighted by atomic mass is 9.96. The molecule has 5 rings (SSSR count). The number of hydrogen-bond donors (Lipinski definition) is 2. The van der Waals surface area contributed by atoms with Crippen LogP contribution >= 0.6 is 11.6 Å². The summed E-state index contributed by atoms with van der Waals surface area (Å²) in [6.45, 7) is 2.07. The van der Waals surface area contributed by atoms with Crippen molar-refractivity contribution in [3.05, 3.63) is 71.1 Å². The van der Waals surface area contributed by atoms with Gasteiger partial charge in [0.2, 0.25) is 5.95 Å². The molecule has 0 aliphatic rings. The summed E-state index contributed by atoms with van der Waals surface area (Å²) in [5, 5.41) is 13.0. The molecule has 8 heteroatoms. The smallest absolute Gasteiger partial charge is 0.222 e. The average Bonchev–Trinajstić information content (AvgIpc) is 3.10.